The molecule has 0 aliphatic carbocycles. The topological polar surface area (TPSA) is 66.4 Å². The SMILES string of the molecule is CCOC(=O)N1CCN(C(=NC)NCCOC)CC1. The normalized spacial score (nSPS) is 16.5. The van der Waals surface area contributed by atoms with Crippen molar-refractivity contribution in [3.05, 3.63) is 0 Å². The summed E-state index contributed by atoms with van der Waals surface area (Å²) >= 11 is 0. The van der Waals surface area contributed by atoms with E-state index in [4.69, 9.17) is 9.47 Å². The van der Waals surface area contributed by atoms with Crippen LogP contribution in [0, 0.1) is 0 Å². The molecule has 7 heteroatoms. The highest BCUT2D eigenvalue weighted by molar-refractivity contribution is 5.80. The number of methoxy groups -OCH3 is 1. The van der Waals surface area contributed by atoms with Crippen LogP contribution < -0.4 is 5.32 Å². The second-order valence-corrected chi connectivity index (χ2v) is 4.14. The largest absolute Gasteiger partial charge is 0.450 e. The molecule has 0 aromatic carbocycles. The first-order chi connectivity index (χ1) is 9.22. The van der Waals surface area contributed by atoms with E-state index in [1.54, 1.807) is 19.1 Å². The van der Waals surface area contributed by atoms with Crippen LogP contribution in [0.3, 0.4) is 0 Å². The third kappa shape index (κ3) is 4.94. The number of ether oxygens (including phenoxy) is 2. The fraction of sp³-hybridized carbons (Fsp3) is 0.833. The van der Waals surface area contributed by atoms with E-state index < -0.39 is 0 Å². The highest BCUT2D eigenvalue weighted by Crippen LogP contribution is 2.04. The Morgan fingerprint density at radius 3 is 2.42 bits per heavy atom. The second-order valence-electron chi connectivity index (χ2n) is 4.14. The molecule has 0 aromatic heterocycles. The lowest BCUT2D eigenvalue weighted by Gasteiger charge is -2.35. The van der Waals surface area contributed by atoms with E-state index in [0.717, 1.165) is 25.6 Å². The summed E-state index contributed by atoms with van der Waals surface area (Å²) in [6.45, 7) is 6.42. The van der Waals surface area contributed by atoms with Crippen LogP contribution in [0.25, 0.3) is 0 Å². The summed E-state index contributed by atoms with van der Waals surface area (Å²) in [5.74, 6) is 0.848. The number of hydrogen-bond acceptors (Lipinski definition) is 4. The Balaban J connectivity index is 2.37. The van der Waals surface area contributed by atoms with E-state index in [9.17, 15) is 4.79 Å². The van der Waals surface area contributed by atoms with Gasteiger partial charge >= 0.3 is 6.09 Å². The number of piperazine rings is 1. The Bertz CT molecular complexity index is 301. The van der Waals surface area contributed by atoms with Crippen LogP contribution in [0.4, 0.5) is 4.79 Å². The molecule has 0 radical (unpaired) electrons. The quantitative estimate of drug-likeness (QED) is 0.443. The zero-order chi connectivity index (χ0) is 14.1. The molecule has 19 heavy (non-hydrogen) atoms. The number of aliphatic imine (C=N–C) groups is 1. The number of carbonyl (C=O) groups excluding carboxylic acids is 1. The average molecular weight is 272 g/mol. The Kier molecular flexibility index (Phi) is 7.02. The molecule has 0 unspecified atom stereocenters. The molecule has 1 amide bonds. The van der Waals surface area contributed by atoms with Crippen molar-refractivity contribution in [2.45, 2.75) is 6.92 Å². The zero-order valence-electron chi connectivity index (χ0n) is 12.0. The molecule has 0 spiro atoms. The molecule has 1 saturated heterocycles. The summed E-state index contributed by atoms with van der Waals surface area (Å²) in [7, 11) is 3.43. The van der Waals surface area contributed by atoms with Gasteiger partial charge in [-0.05, 0) is 6.92 Å². The maximum atomic E-state index is 11.6. The van der Waals surface area contributed by atoms with Crippen molar-refractivity contribution in [3.8, 4) is 0 Å². The van der Waals surface area contributed by atoms with E-state index in [-0.39, 0.29) is 6.09 Å². The fourth-order valence-electron chi connectivity index (χ4n) is 1.91. The molecule has 1 rings (SSSR count). The van der Waals surface area contributed by atoms with Gasteiger partial charge in [0.25, 0.3) is 0 Å². The summed E-state index contributed by atoms with van der Waals surface area (Å²) in [6, 6.07) is 0. The number of nitrogens with one attached hydrogen (secondary N) is 1. The van der Waals surface area contributed by atoms with Gasteiger partial charge in [-0.1, -0.05) is 0 Å². The van der Waals surface area contributed by atoms with Gasteiger partial charge in [-0.3, -0.25) is 4.99 Å². The molecule has 110 valence electrons. The van der Waals surface area contributed by atoms with Crippen LogP contribution in [-0.4, -0.2) is 81.9 Å². The molecule has 0 bridgehead atoms. The lowest BCUT2D eigenvalue weighted by Crippen LogP contribution is -2.54. The van der Waals surface area contributed by atoms with Crippen LogP contribution >= 0.6 is 0 Å². The van der Waals surface area contributed by atoms with Gasteiger partial charge in [0.2, 0.25) is 0 Å². The van der Waals surface area contributed by atoms with Crippen LogP contribution in [0.5, 0.6) is 0 Å². The predicted molar refractivity (Wildman–Crippen MR) is 73.4 cm³/mol. The van der Waals surface area contributed by atoms with E-state index in [2.05, 4.69) is 15.2 Å². The minimum Gasteiger partial charge on any atom is -0.450 e. The van der Waals surface area contributed by atoms with Crippen molar-refractivity contribution < 1.29 is 14.3 Å². The fourth-order valence-corrected chi connectivity index (χ4v) is 1.91. The second kappa shape index (κ2) is 8.58. The molecule has 1 aliphatic heterocycles. The van der Waals surface area contributed by atoms with Gasteiger partial charge < -0.3 is 24.6 Å². The Morgan fingerprint density at radius 2 is 1.89 bits per heavy atom. The Morgan fingerprint density at radius 1 is 1.26 bits per heavy atom. The van der Waals surface area contributed by atoms with Gasteiger partial charge in [-0.25, -0.2) is 4.79 Å². The lowest BCUT2D eigenvalue weighted by molar-refractivity contribution is 0.0913. The third-order valence-electron chi connectivity index (χ3n) is 2.91. The number of rotatable bonds is 4. The van der Waals surface area contributed by atoms with Crippen molar-refractivity contribution in [1.82, 2.24) is 15.1 Å². The summed E-state index contributed by atoms with van der Waals surface area (Å²) in [5.41, 5.74) is 0. The van der Waals surface area contributed by atoms with Crippen LogP contribution in [0.2, 0.25) is 0 Å². The smallest absolute Gasteiger partial charge is 0.409 e. The molecule has 0 atom stereocenters. The Hall–Kier alpha value is -1.50. The zero-order valence-corrected chi connectivity index (χ0v) is 12.0. The van der Waals surface area contributed by atoms with E-state index in [1.807, 2.05) is 6.92 Å². The summed E-state index contributed by atoms with van der Waals surface area (Å²) in [5, 5.41) is 3.23. The van der Waals surface area contributed by atoms with Crippen molar-refractivity contribution in [1.29, 1.82) is 0 Å². The molecule has 1 heterocycles. The van der Waals surface area contributed by atoms with Crippen molar-refractivity contribution in [2.24, 2.45) is 4.99 Å². The minimum absolute atomic E-state index is 0.232. The highest BCUT2D eigenvalue weighted by atomic mass is 16.6. The molecule has 0 aromatic rings. The molecule has 1 N–H and O–H groups in total. The molecular weight excluding hydrogens is 248 g/mol. The molecule has 1 fully saturated rings. The van der Waals surface area contributed by atoms with Gasteiger partial charge in [0, 0.05) is 46.9 Å². The van der Waals surface area contributed by atoms with Gasteiger partial charge in [0.1, 0.15) is 0 Å². The monoisotopic (exact) mass is 272 g/mol. The van der Waals surface area contributed by atoms with E-state index in [0.29, 0.717) is 26.3 Å². The molecule has 1 aliphatic rings. The minimum atomic E-state index is -0.232. The van der Waals surface area contributed by atoms with Crippen molar-refractivity contribution in [2.75, 3.05) is 60.1 Å². The standard InChI is InChI=1S/C12H24N4O3/c1-4-19-12(17)16-8-6-15(7-9-16)11(13-2)14-5-10-18-3/h4-10H2,1-3H3,(H,13,14). The van der Waals surface area contributed by atoms with Crippen molar-refractivity contribution in [3.63, 3.8) is 0 Å². The Labute approximate surface area is 114 Å². The predicted octanol–water partition coefficient (Wildman–Crippen LogP) is -0.0177. The number of nitrogens with zero attached hydrogens (tertiary/aromatic N) is 3. The van der Waals surface area contributed by atoms with Gasteiger partial charge in [-0.2, -0.15) is 0 Å². The summed E-state index contributed by atoms with van der Waals surface area (Å²) < 4.78 is 9.98. The van der Waals surface area contributed by atoms with Crippen LogP contribution in [0.15, 0.2) is 4.99 Å². The van der Waals surface area contributed by atoms with Crippen molar-refractivity contribution >= 4 is 12.1 Å². The third-order valence-corrected chi connectivity index (χ3v) is 2.91. The van der Waals surface area contributed by atoms with E-state index >= 15 is 0 Å². The molecular formula is C12H24N4O3. The van der Waals surface area contributed by atoms with Crippen LogP contribution in [-0.2, 0) is 9.47 Å². The first kappa shape index (κ1) is 15.6. The van der Waals surface area contributed by atoms with E-state index in [1.165, 1.54) is 0 Å². The van der Waals surface area contributed by atoms with Gasteiger partial charge in [0.05, 0.1) is 13.2 Å². The number of carbonyl (C=O) groups is 1. The maximum Gasteiger partial charge on any atom is 0.409 e. The lowest BCUT2D eigenvalue weighted by atomic mass is 10.3. The maximum absolute atomic E-state index is 11.6. The summed E-state index contributed by atoms with van der Waals surface area (Å²) in [6.07, 6.45) is -0.232. The highest BCUT2D eigenvalue weighted by Gasteiger charge is 2.23. The molecule has 7 nitrogen and oxygen atoms in total. The first-order valence-corrected chi connectivity index (χ1v) is 6.59. The molecule has 0 saturated carbocycles. The number of guanidine groups is 1. The van der Waals surface area contributed by atoms with Gasteiger partial charge in [0.15, 0.2) is 5.96 Å². The van der Waals surface area contributed by atoms with Crippen LogP contribution in [0.1, 0.15) is 6.92 Å². The average Bonchev–Trinajstić information content (AvgIpc) is 2.44. The van der Waals surface area contributed by atoms with Gasteiger partial charge in [-0.15, -0.1) is 0 Å². The number of hydrogen-bond donors (Lipinski definition) is 1. The number of amides is 1. The summed E-state index contributed by atoms with van der Waals surface area (Å²) in [4.78, 5) is 19.7. The first-order valence-electron chi connectivity index (χ1n) is 6.59.